The first-order chi connectivity index (χ1) is 8.60. The van der Waals surface area contributed by atoms with Crippen LogP contribution in [0.2, 0.25) is 0 Å². The van der Waals surface area contributed by atoms with Crippen LogP contribution in [0.25, 0.3) is 0 Å². The van der Waals surface area contributed by atoms with Crippen molar-refractivity contribution >= 4 is 11.8 Å². The second-order valence-corrected chi connectivity index (χ2v) is 5.52. The van der Waals surface area contributed by atoms with E-state index >= 15 is 0 Å². The molecule has 1 aromatic heterocycles. The Bertz CT molecular complexity index is 564. The number of benzene rings is 1. The van der Waals surface area contributed by atoms with E-state index in [1.165, 1.54) is 16.0 Å². The van der Waals surface area contributed by atoms with E-state index in [0.29, 0.717) is 6.54 Å². The van der Waals surface area contributed by atoms with Crippen LogP contribution in [0.3, 0.4) is 0 Å². The Hall–Kier alpha value is -1.32. The summed E-state index contributed by atoms with van der Waals surface area (Å²) in [6.45, 7) is 6.78. The molecule has 0 saturated heterocycles. The van der Waals surface area contributed by atoms with Crippen molar-refractivity contribution in [2.24, 2.45) is 5.73 Å². The predicted molar refractivity (Wildman–Crippen MR) is 76.9 cm³/mol. The van der Waals surface area contributed by atoms with E-state index in [-0.39, 0.29) is 0 Å². The summed E-state index contributed by atoms with van der Waals surface area (Å²) in [6, 6.07) is 10.6. The molecule has 0 aliphatic heterocycles. The van der Waals surface area contributed by atoms with Crippen LogP contribution < -0.4 is 5.73 Å². The van der Waals surface area contributed by atoms with E-state index in [0.717, 1.165) is 16.3 Å². The van der Waals surface area contributed by atoms with Gasteiger partial charge in [0.15, 0.2) is 0 Å². The highest BCUT2D eigenvalue weighted by atomic mass is 32.2. The standard InChI is InChI=1S/C15H18N2S/c1-10-4-7-14(11(2)8-10)18-15-13(9-16)6-5-12(3)17-15/h4-8H,9,16H2,1-3H3. The molecule has 2 aromatic rings. The number of aromatic nitrogens is 1. The normalized spacial score (nSPS) is 10.7. The van der Waals surface area contributed by atoms with Crippen molar-refractivity contribution in [1.82, 2.24) is 4.98 Å². The molecule has 0 aliphatic carbocycles. The summed E-state index contributed by atoms with van der Waals surface area (Å²) >= 11 is 1.70. The quantitative estimate of drug-likeness (QED) is 0.914. The molecule has 94 valence electrons. The Morgan fingerprint density at radius 2 is 1.89 bits per heavy atom. The monoisotopic (exact) mass is 258 g/mol. The van der Waals surface area contributed by atoms with Gasteiger partial charge in [-0.15, -0.1) is 0 Å². The highest BCUT2D eigenvalue weighted by Crippen LogP contribution is 2.31. The summed E-state index contributed by atoms with van der Waals surface area (Å²) in [5, 5.41) is 1.02. The topological polar surface area (TPSA) is 38.9 Å². The zero-order chi connectivity index (χ0) is 13.1. The van der Waals surface area contributed by atoms with Gasteiger partial charge in [-0.3, -0.25) is 0 Å². The molecule has 1 heterocycles. The lowest BCUT2D eigenvalue weighted by Gasteiger charge is -2.10. The van der Waals surface area contributed by atoms with Crippen LogP contribution in [0.4, 0.5) is 0 Å². The van der Waals surface area contributed by atoms with Gasteiger partial charge in [0.05, 0.1) is 0 Å². The van der Waals surface area contributed by atoms with Gasteiger partial charge in [0.25, 0.3) is 0 Å². The molecule has 0 spiro atoms. The molecule has 0 radical (unpaired) electrons. The van der Waals surface area contributed by atoms with Crippen molar-refractivity contribution in [3.8, 4) is 0 Å². The molecule has 3 heteroatoms. The summed E-state index contributed by atoms with van der Waals surface area (Å²) in [7, 11) is 0. The SMILES string of the molecule is Cc1ccc(Sc2nc(C)ccc2CN)c(C)c1. The summed E-state index contributed by atoms with van der Waals surface area (Å²) in [4.78, 5) is 5.83. The van der Waals surface area contributed by atoms with E-state index in [2.05, 4.69) is 43.1 Å². The Kier molecular flexibility index (Phi) is 4.04. The lowest BCUT2D eigenvalue weighted by atomic mass is 10.2. The molecule has 0 amide bonds. The number of pyridine rings is 1. The largest absolute Gasteiger partial charge is 0.326 e. The maximum Gasteiger partial charge on any atom is 0.106 e. The van der Waals surface area contributed by atoms with E-state index in [1.54, 1.807) is 11.8 Å². The molecule has 18 heavy (non-hydrogen) atoms. The van der Waals surface area contributed by atoms with Gasteiger partial charge in [-0.05, 0) is 44.0 Å². The van der Waals surface area contributed by atoms with Gasteiger partial charge in [0, 0.05) is 17.1 Å². The molecule has 0 aliphatic rings. The minimum atomic E-state index is 0.528. The molecular weight excluding hydrogens is 240 g/mol. The number of hydrogen-bond acceptors (Lipinski definition) is 3. The van der Waals surface area contributed by atoms with Gasteiger partial charge >= 0.3 is 0 Å². The van der Waals surface area contributed by atoms with Crippen molar-refractivity contribution in [3.63, 3.8) is 0 Å². The molecule has 2 rings (SSSR count). The molecule has 0 bridgehead atoms. The molecular formula is C15H18N2S. The molecule has 2 nitrogen and oxygen atoms in total. The predicted octanol–water partition coefficient (Wildman–Crippen LogP) is 3.62. The number of nitrogens with zero attached hydrogens (tertiary/aromatic N) is 1. The van der Waals surface area contributed by atoms with Crippen LogP contribution in [0.15, 0.2) is 40.3 Å². The van der Waals surface area contributed by atoms with Crippen LogP contribution >= 0.6 is 11.8 Å². The van der Waals surface area contributed by atoms with Crippen LogP contribution in [-0.2, 0) is 6.54 Å². The van der Waals surface area contributed by atoms with Gasteiger partial charge in [-0.1, -0.05) is 35.5 Å². The molecule has 0 saturated carbocycles. The molecule has 0 unspecified atom stereocenters. The van der Waals surface area contributed by atoms with Gasteiger partial charge in [-0.2, -0.15) is 0 Å². The Labute approximate surface area is 113 Å². The van der Waals surface area contributed by atoms with Crippen molar-refractivity contribution in [1.29, 1.82) is 0 Å². The molecule has 1 aromatic carbocycles. The third-order valence-electron chi connectivity index (χ3n) is 2.84. The third kappa shape index (κ3) is 2.92. The van der Waals surface area contributed by atoms with Crippen LogP contribution in [0.1, 0.15) is 22.4 Å². The summed E-state index contributed by atoms with van der Waals surface area (Å²) in [6.07, 6.45) is 0. The average molecular weight is 258 g/mol. The fraction of sp³-hybridized carbons (Fsp3) is 0.267. The van der Waals surface area contributed by atoms with Gasteiger partial charge in [0.1, 0.15) is 5.03 Å². The molecule has 0 fully saturated rings. The minimum absolute atomic E-state index is 0.528. The van der Waals surface area contributed by atoms with Gasteiger partial charge < -0.3 is 5.73 Å². The number of nitrogens with two attached hydrogens (primary N) is 1. The Morgan fingerprint density at radius 3 is 2.56 bits per heavy atom. The second kappa shape index (κ2) is 5.55. The highest BCUT2D eigenvalue weighted by Gasteiger charge is 2.07. The Balaban J connectivity index is 2.36. The lowest BCUT2D eigenvalue weighted by Crippen LogP contribution is -2.01. The first kappa shape index (κ1) is 13.1. The number of rotatable bonds is 3. The van der Waals surface area contributed by atoms with Crippen LogP contribution in [0, 0.1) is 20.8 Å². The van der Waals surface area contributed by atoms with Crippen molar-refractivity contribution in [2.75, 3.05) is 0 Å². The summed E-state index contributed by atoms with van der Waals surface area (Å²) < 4.78 is 0. The van der Waals surface area contributed by atoms with Gasteiger partial charge in [0.2, 0.25) is 0 Å². The van der Waals surface area contributed by atoms with Crippen LogP contribution in [0.5, 0.6) is 0 Å². The zero-order valence-corrected chi connectivity index (χ0v) is 11.8. The van der Waals surface area contributed by atoms with Crippen molar-refractivity contribution in [3.05, 3.63) is 52.7 Å². The maximum absolute atomic E-state index is 5.76. The van der Waals surface area contributed by atoms with Crippen molar-refractivity contribution < 1.29 is 0 Å². The molecule has 2 N–H and O–H groups in total. The lowest BCUT2D eigenvalue weighted by molar-refractivity contribution is 0.941. The first-order valence-corrected chi connectivity index (χ1v) is 6.83. The second-order valence-electron chi connectivity index (χ2n) is 4.49. The highest BCUT2D eigenvalue weighted by molar-refractivity contribution is 7.99. The Morgan fingerprint density at radius 1 is 1.11 bits per heavy atom. The van der Waals surface area contributed by atoms with E-state index in [4.69, 9.17) is 5.73 Å². The van der Waals surface area contributed by atoms with Crippen LogP contribution in [-0.4, -0.2) is 4.98 Å². The van der Waals surface area contributed by atoms with Crippen molar-refractivity contribution in [2.45, 2.75) is 37.2 Å². The van der Waals surface area contributed by atoms with E-state index < -0.39 is 0 Å². The molecule has 0 atom stereocenters. The average Bonchev–Trinajstić information content (AvgIpc) is 2.33. The van der Waals surface area contributed by atoms with Gasteiger partial charge in [-0.25, -0.2) is 4.98 Å². The fourth-order valence-corrected chi connectivity index (χ4v) is 2.86. The summed E-state index contributed by atoms with van der Waals surface area (Å²) in [5.74, 6) is 0. The minimum Gasteiger partial charge on any atom is -0.326 e. The number of aryl methyl sites for hydroxylation is 3. The summed E-state index contributed by atoms with van der Waals surface area (Å²) in [5.41, 5.74) is 10.5. The fourth-order valence-electron chi connectivity index (χ4n) is 1.82. The maximum atomic E-state index is 5.76. The van der Waals surface area contributed by atoms with E-state index in [9.17, 15) is 0 Å². The number of hydrogen-bond donors (Lipinski definition) is 1. The van der Waals surface area contributed by atoms with E-state index in [1.807, 2.05) is 13.0 Å². The third-order valence-corrected chi connectivity index (χ3v) is 4.06. The zero-order valence-electron chi connectivity index (χ0n) is 11.0. The smallest absolute Gasteiger partial charge is 0.106 e. The first-order valence-electron chi connectivity index (χ1n) is 6.02.